The molecule has 5 heteroatoms. The molecule has 0 aromatic carbocycles. The molecule has 0 saturated heterocycles. The summed E-state index contributed by atoms with van der Waals surface area (Å²) in [6.07, 6.45) is 5.79. The van der Waals surface area contributed by atoms with E-state index in [0.29, 0.717) is 12.5 Å². The van der Waals surface area contributed by atoms with Gasteiger partial charge >= 0.3 is 0 Å². The molecule has 1 aliphatic rings. The topological polar surface area (TPSA) is 72.2 Å². The third-order valence-electron chi connectivity index (χ3n) is 2.59. The van der Waals surface area contributed by atoms with Crippen molar-refractivity contribution in [2.75, 3.05) is 12.8 Å². The Bertz CT molecular complexity index is 245. The van der Waals surface area contributed by atoms with E-state index in [9.17, 15) is 8.42 Å². The molecule has 0 bridgehead atoms. The zero-order chi connectivity index (χ0) is 9.90. The Morgan fingerprint density at radius 1 is 1.46 bits per heavy atom. The van der Waals surface area contributed by atoms with E-state index >= 15 is 0 Å². The largest absolute Gasteiger partial charge is 0.329 e. The van der Waals surface area contributed by atoms with E-state index in [0.717, 1.165) is 12.8 Å². The summed E-state index contributed by atoms with van der Waals surface area (Å²) in [4.78, 5) is 0. The molecule has 0 aromatic heterocycles. The molecule has 0 spiro atoms. The molecule has 0 aromatic rings. The van der Waals surface area contributed by atoms with Gasteiger partial charge in [0, 0.05) is 12.6 Å². The number of sulfonamides is 1. The maximum absolute atomic E-state index is 11.0. The Morgan fingerprint density at radius 3 is 2.38 bits per heavy atom. The normalized spacial score (nSPS) is 22.0. The molecule has 1 saturated carbocycles. The Kier molecular flexibility index (Phi) is 3.70. The zero-order valence-corrected chi connectivity index (χ0v) is 8.81. The van der Waals surface area contributed by atoms with Crippen LogP contribution in [0.15, 0.2) is 0 Å². The SMILES string of the molecule is CS(=O)(=O)NC(CN)C1CCCC1. The van der Waals surface area contributed by atoms with E-state index in [1.165, 1.54) is 19.1 Å². The van der Waals surface area contributed by atoms with Gasteiger partial charge in [0.15, 0.2) is 0 Å². The summed E-state index contributed by atoms with van der Waals surface area (Å²) in [6.45, 7) is 0.401. The van der Waals surface area contributed by atoms with Crippen LogP contribution in [0.1, 0.15) is 25.7 Å². The lowest BCUT2D eigenvalue weighted by molar-refractivity contribution is 0.406. The van der Waals surface area contributed by atoms with E-state index in [1.54, 1.807) is 0 Å². The summed E-state index contributed by atoms with van der Waals surface area (Å²) < 4.78 is 24.6. The van der Waals surface area contributed by atoms with Crippen molar-refractivity contribution in [3.63, 3.8) is 0 Å². The van der Waals surface area contributed by atoms with Crippen LogP contribution in [0.4, 0.5) is 0 Å². The minimum absolute atomic E-state index is 0.0579. The van der Waals surface area contributed by atoms with E-state index in [2.05, 4.69) is 4.72 Å². The van der Waals surface area contributed by atoms with Gasteiger partial charge in [0.05, 0.1) is 6.26 Å². The molecule has 4 nitrogen and oxygen atoms in total. The number of hydrogen-bond donors (Lipinski definition) is 2. The van der Waals surface area contributed by atoms with E-state index < -0.39 is 10.0 Å². The standard InChI is InChI=1S/C8H18N2O2S/c1-13(11,12)10-8(6-9)7-4-2-3-5-7/h7-8,10H,2-6,9H2,1H3. The molecule has 0 heterocycles. The first-order valence-electron chi connectivity index (χ1n) is 4.70. The second-order valence-electron chi connectivity index (χ2n) is 3.78. The van der Waals surface area contributed by atoms with Crippen molar-refractivity contribution in [2.45, 2.75) is 31.7 Å². The third kappa shape index (κ3) is 3.62. The molecular formula is C8H18N2O2S. The molecule has 0 radical (unpaired) electrons. The summed E-state index contributed by atoms with van der Waals surface area (Å²) in [5, 5.41) is 0. The third-order valence-corrected chi connectivity index (χ3v) is 3.32. The van der Waals surface area contributed by atoms with E-state index in [4.69, 9.17) is 5.73 Å². The van der Waals surface area contributed by atoms with E-state index in [-0.39, 0.29) is 6.04 Å². The summed E-state index contributed by atoms with van der Waals surface area (Å²) in [6, 6.07) is -0.0579. The fourth-order valence-electron chi connectivity index (χ4n) is 1.97. The van der Waals surface area contributed by atoms with Crippen LogP contribution in [0.25, 0.3) is 0 Å². The monoisotopic (exact) mass is 206 g/mol. The molecule has 78 valence electrons. The lowest BCUT2D eigenvalue weighted by Gasteiger charge is -2.21. The van der Waals surface area contributed by atoms with Crippen LogP contribution in [0.3, 0.4) is 0 Å². The molecular weight excluding hydrogens is 188 g/mol. The Hall–Kier alpha value is -0.130. The van der Waals surface area contributed by atoms with Gasteiger partial charge < -0.3 is 5.73 Å². The first-order valence-corrected chi connectivity index (χ1v) is 6.59. The van der Waals surface area contributed by atoms with Gasteiger partial charge in [-0.3, -0.25) is 0 Å². The average Bonchev–Trinajstić information content (AvgIpc) is 2.50. The van der Waals surface area contributed by atoms with Gasteiger partial charge in [0.25, 0.3) is 0 Å². The smallest absolute Gasteiger partial charge is 0.209 e. The van der Waals surface area contributed by atoms with Gasteiger partial charge in [-0.2, -0.15) is 0 Å². The summed E-state index contributed by atoms with van der Waals surface area (Å²) in [5.74, 6) is 0.444. The van der Waals surface area contributed by atoms with Crippen molar-refractivity contribution in [3.8, 4) is 0 Å². The number of nitrogens with two attached hydrogens (primary N) is 1. The summed E-state index contributed by atoms with van der Waals surface area (Å²) in [5.41, 5.74) is 5.53. The van der Waals surface area contributed by atoms with Crippen LogP contribution in [0.2, 0.25) is 0 Å². The second-order valence-corrected chi connectivity index (χ2v) is 5.56. The molecule has 1 fully saturated rings. The molecule has 1 rings (SSSR count). The highest BCUT2D eigenvalue weighted by Crippen LogP contribution is 2.27. The minimum Gasteiger partial charge on any atom is -0.329 e. The fraction of sp³-hybridized carbons (Fsp3) is 1.00. The quantitative estimate of drug-likeness (QED) is 0.683. The highest BCUT2D eigenvalue weighted by molar-refractivity contribution is 7.88. The van der Waals surface area contributed by atoms with Crippen molar-refractivity contribution in [1.29, 1.82) is 0 Å². The molecule has 1 unspecified atom stereocenters. The van der Waals surface area contributed by atoms with Gasteiger partial charge in [-0.25, -0.2) is 13.1 Å². The Balaban J connectivity index is 2.51. The summed E-state index contributed by atoms with van der Waals surface area (Å²) >= 11 is 0. The van der Waals surface area contributed by atoms with Crippen LogP contribution >= 0.6 is 0 Å². The van der Waals surface area contributed by atoms with Crippen LogP contribution in [-0.4, -0.2) is 27.3 Å². The minimum atomic E-state index is -3.10. The number of nitrogens with one attached hydrogen (secondary N) is 1. The highest BCUT2D eigenvalue weighted by atomic mass is 32.2. The maximum Gasteiger partial charge on any atom is 0.209 e. The lowest BCUT2D eigenvalue weighted by Crippen LogP contribution is -2.44. The molecule has 3 N–H and O–H groups in total. The second kappa shape index (κ2) is 4.39. The molecule has 1 atom stereocenters. The Morgan fingerprint density at radius 2 is 2.00 bits per heavy atom. The fourth-order valence-corrected chi connectivity index (χ4v) is 2.81. The first kappa shape index (κ1) is 10.9. The number of rotatable bonds is 4. The van der Waals surface area contributed by atoms with Crippen molar-refractivity contribution in [3.05, 3.63) is 0 Å². The molecule has 1 aliphatic carbocycles. The van der Waals surface area contributed by atoms with Gasteiger partial charge in [-0.15, -0.1) is 0 Å². The van der Waals surface area contributed by atoms with E-state index in [1.807, 2.05) is 0 Å². The Labute approximate surface area is 79.9 Å². The van der Waals surface area contributed by atoms with Crippen molar-refractivity contribution >= 4 is 10.0 Å². The maximum atomic E-state index is 11.0. The lowest BCUT2D eigenvalue weighted by atomic mass is 9.99. The van der Waals surface area contributed by atoms with Gasteiger partial charge in [0.2, 0.25) is 10.0 Å². The van der Waals surface area contributed by atoms with Gasteiger partial charge in [0.1, 0.15) is 0 Å². The van der Waals surface area contributed by atoms with Crippen LogP contribution < -0.4 is 10.5 Å². The predicted molar refractivity (Wildman–Crippen MR) is 52.8 cm³/mol. The molecule has 0 aliphatic heterocycles. The van der Waals surface area contributed by atoms with Crippen LogP contribution in [-0.2, 0) is 10.0 Å². The molecule has 0 amide bonds. The predicted octanol–water partition coefficient (Wildman–Crippen LogP) is 0.0531. The van der Waals surface area contributed by atoms with Crippen LogP contribution in [0.5, 0.6) is 0 Å². The molecule has 13 heavy (non-hydrogen) atoms. The average molecular weight is 206 g/mol. The van der Waals surface area contributed by atoms with Gasteiger partial charge in [-0.05, 0) is 18.8 Å². The first-order chi connectivity index (χ1) is 6.03. The van der Waals surface area contributed by atoms with Gasteiger partial charge in [-0.1, -0.05) is 12.8 Å². The number of hydrogen-bond acceptors (Lipinski definition) is 3. The van der Waals surface area contributed by atoms with Crippen molar-refractivity contribution < 1.29 is 8.42 Å². The van der Waals surface area contributed by atoms with Crippen LogP contribution in [0, 0.1) is 5.92 Å². The zero-order valence-electron chi connectivity index (χ0n) is 7.99. The highest BCUT2D eigenvalue weighted by Gasteiger charge is 2.25. The van der Waals surface area contributed by atoms with Crippen molar-refractivity contribution in [1.82, 2.24) is 4.72 Å². The summed E-state index contributed by atoms with van der Waals surface area (Å²) in [7, 11) is -3.10. The van der Waals surface area contributed by atoms with Crippen molar-refractivity contribution in [2.24, 2.45) is 11.7 Å².